The van der Waals surface area contributed by atoms with Crippen LogP contribution in [0.15, 0.2) is 12.2 Å². The molecule has 0 aromatic heterocycles. The van der Waals surface area contributed by atoms with E-state index in [9.17, 15) is 4.79 Å². The molecule has 4 heteroatoms. The van der Waals surface area contributed by atoms with Gasteiger partial charge in [0, 0.05) is 6.08 Å². The Morgan fingerprint density at radius 3 is 2.90 bits per heavy atom. The average Bonchev–Trinajstić information content (AvgIpc) is 1.89. The van der Waals surface area contributed by atoms with Crippen molar-refractivity contribution in [1.29, 1.82) is 0 Å². The Bertz CT molecular complexity index is 122. The molecule has 0 heterocycles. The molecule has 3 nitrogen and oxygen atoms in total. The Morgan fingerprint density at radius 2 is 2.40 bits per heavy atom. The Kier molecular flexibility index (Phi) is 6.11. The lowest BCUT2D eigenvalue weighted by atomic mass is 10.5. The van der Waals surface area contributed by atoms with Gasteiger partial charge in [0.2, 0.25) is 10.5 Å². The van der Waals surface area contributed by atoms with E-state index in [1.54, 1.807) is 13.0 Å². The van der Waals surface area contributed by atoms with Crippen molar-refractivity contribution in [3.8, 4) is 0 Å². The van der Waals surface area contributed by atoms with E-state index in [-0.39, 0.29) is 5.97 Å². The molecule has 10 heavy (non-hydrogen) atoms. The van der Waals surface area contributed by atoms with Crippen LogP contribution in [0.4, 0.5) is 0 Å². The van der Waals surface area contributed by atoms with Gasteiger partial charge in [-0.1, -0.05) is 6.08 Å². The number of esters is 1. The van der Waals surface area contributed by atoms with Gasteiger partial charge in [-0.25, -0.2) is 4.79 Å². The fourth-order valence-corrected chi connectivity index (χ4v) is 0.479. The maximum absolute atomic E-state index is 10.5. The van der Waals surface area contributed by atoms with E-state index in [0.29, 0.717) is 13.2 Å². The van der Waals surface area contributed by atoms with Gasteiger partial charge in [0.1, 0.15) is 0 Å². The van der Waals surface area contributed by atoms with Gasteiger partial charge in [-0.2, -0.15) is 0 Å². The van der Waals surface area contributed by atoms with E-state index in [4.69, 9.17) is 0 Å². The molecule has 0 saturated heterocycles. The van der Waals surface area contributed by atoms with Gasteiger partial charge in [-0.3, -0.25) is 0 Å². The number of hydrogen-bond acceptors (Lipinski definition) is 3. The third-order valence-electron chi connectivity index (χ3n) is 0.720. The molecule has 0 amide bonds. The minimum atomic E-state index is -0.341. The quantitative estimate of drug-likeness (QED) is 0.332. The fraction of sp³-hybridized carbons (Fsp3) is 0.500. The molecule has 3 radical (unpaired) electrons. The van der Waals surface area contributed by atoms with E-state index in [1.807, 2.05) is 0 Å². The Hall–Kier alpha value is -0.613. The normalized spacial score (nSPS) is 10.2. The van der Waals surface area contributed by atoms with Crippen LogP contribution in [0.2, 0.25) is 0 Å². The van der Waals surface area contributed by atoms with E-state index in [1.165, 1.54) is 6.08 Å². The summed E-state index contributed by atoms with van der Waals surface area (Å²) in [6, 6.07) is 0. The molecule has 0 aliphatic rings. The molecule has 55 valence electrons. The number of rotatable bonds is 4. The monoisotopic (exact) mass is 157 g/mol. The van der Waals surface area contributed by atoms with E-state index in [2.05, 4.69) is 19.6 Å². The highest BCUT2D eigenvalue weighted by atomic mass is 28.2. The Morgan fingerprint density at radius 1 is 1.70 bits per heavy atom. The third kappa shape index (κ3) is 5.52. The summed E-state index contributed by atoms with van der Waals surface area (Å²) in [7, 11) is 2.78. The zero-order valence-corrected chi connectivity index (χ0v) is 6.79. The standard InChI is InChI=1S/C6H9O3Si/c1-2-8-6(7)4-3-5-9-10/h3-4H,2,5H2,1H3/b4-3+. The molecule has 0 N–H and O–H groups in total. The molecule has 0 spiro atoms. The second kappa shape index (κ2) is 6.51. The van der Waals surface area contributed by atoms with Crippen molar-refractivity contribution in [2.75, 3.05) is 13.2 Å². The molecule has 0 aromatic carbocycles. The molecule has 0 aromatic rings. The topological polar surface area (TPSA) is 35.5 Å². The van der Waals surface area contributed by atoms with Gasteiger partial charge in [0.25, 0.3) is 0 Å². The molecular formula is C6H9O3Si. The highest BCUT2D eigenvalue weighted by Crippen LogP contribution is 1.80. The summed E-state index contributed by atoms with van der Waals surface area (Å²) in [6.07, 6.45) is 2.88. The van der Waals surface area contributed by atoms with E-state index >= 15 is 0 Å². The van der Waals surface area contributed by atoms with Gasteiger partial charge < -0.3 is 9.16 Å². The third-order valence-corrected chi connectivity index (χ3v) is 0.887. The summed E-state index contributed by atoms with van der Waals surface area (Å²) in [4.78, 5) is 10.5. The summed E-state index contributed by atoms with van der Waals surface area (Å²) >= 11 is 0. The minimum Gasteiger partial charge on any atom is -0.463 e. The summed E-state index contributed by atoms with van der Waals surface area (Å²) in [6.45, 7) is 2.51. The summed E-state index contributed by atoms with van der Waals surface area (Å²) in [5.74, 6) is -0.341. The molecule has 0 unspecified atom stereocenters. The predicted molar refractivity (Wildman–Crippen MR) is 37.5 cm³/mol. The minimum absolute atomic E-state index is 0.341. The van der Waals surface area contributed by atoms with Crippen molar-refractivity contribution < 1.29 is 14.0 Å². The summed E-state index contributed by atoms with van der Waals surface area (Å²) in [5, 5.41) is 0. The number of carbonyl (C=O) groups excluding carboxylic acids is 1. The first-order chi connectivity index (χ1) is 4.81. The number of ether oxygens (including phenoxy) is 1. The first kappa shape index (κ1) is 9.39. The average molecular weight is 157 g/mol. The van der Waals surface area contributed by atoms with Crippen molar-refractivity contribution in [3.05, 3.63) is 12.2 Å². The molecule has 0 atom stereocenters. The summed E-state index contributed by atoms with van der Waals surface area (Å²) in [5.41, 5.74) is 0. The van der Waals surface area contributed by atoms with Crippen LogP contribution in [0.5, 0.6) is 0 Å². The van der Waals surface area contributed by atoms with Gasteiger partial charge >= 0.3 is 5.97 Å². The van der Waals surface area contributed by atoms with Crippen LogP contribution in [0.1, 0.15) is 6.92 Å². The van der Waals surface area contributed by atoms with Crippen molar-refractivity contribution in [1.82, 2.24) is 0 Å². The second-order valence-electron chi connectivity index (χ2n) is 1.47. The van der Waals surface area contributed by atoms with Crippen molar-refractivity contribution in [2.24, 2.45) is 0 Å². The van der Waals surface area contributed by atoms with Crippen LogP contribution < -0.4 is 0 Å². The maximum Gasteiger partial charge on any atom is 0.330 e. The van der Waals surface area contributed by atoms with Crippen LogP contribution in [-0.2, 0) is 14.0 Å². The summed E-state index contributed by atoms with van der Waals surface area (Å²) < 4.78 is 9.07. The fourth-order valence-electron chi connectivity index (χ4n) is 0.383. The van der Waals surface area contributed by atoms with Crippen LogP contribution >= 0.6 is 0 Å². The largest absolute Gasteiger partial charge is 0.463 e. The van der Waals surface area contributed by atoms with Crippen LogP contribution in [-0.4, -0.2) is 29.7 Å². The van der Waals surface area contributed by atoms with Gasteiger partial charge in [0.05, 0.1) is 13.2 Å². The zero-order valence-electron chi connectivity index (χ0n) is 5.79. The van der Waals surface area contributed by atoms with E-state index < -0.39 is 0 Å². The predicted octanol–water partition coefficient (Wildman–Crippen LogP) is 0.206. The van der Waals surface area contributed by atoms with Crippen LogP contribution in [0.3, 0.4) is 0 Å². The first-order valence-corrected chi connectivity index (χ1v) is 3.34. The number of hydrogen-bond donors (Lipinski definition) is 0. The second-order valence-corrected chi connectivity index (χ2v) is 1.75. The van der Waals surface area contributed by atoms with Crippen LogP contribution in [0.25, 0.3) is 0 Å². The molecule has 0 aliphatic heterocycles. The molecule has 0 bridgehead atoms. The highest BCUT2D eigenvalue weighted by molar-refractivity contribution is 5.98. The molecule has 0 saturated carbocycles. The lowest BCUT2D eigenvalue weighted by Crippen LogP contribution is -1.99. The molecule has 0 aliphatic carbocycles. The van der Waals surface area contributed by atoms with Gasteiger partial charge in [-0.15, -0.1) is 0 Å². The maximum atomic E-state index is 10.5. The number of carbonyl (C=O) groups is 1. The Labute approximate surface area is 63.6 Å². The van der Waals surface area contributed by atoms with E-state index in [0.717, 1.165) is 0 Å². The van der Waals surface area contributed by atoms with Gasteiger partial charge in [-0.05, 0) is 6.92 Å². The lowest BCUT2D eigenvalue weighted by Gasteiger charge is -1.93. The first-order valence-electron chi connectivity index (χ1n) is 2.93. The lowest BCUT2D eigenvalue weighted by molar-refractivity contribution is -0.137. The van der Waals surface area contributed by atoms with Crippen molar-refractivity contribution in [3.63, 3.8) is 0 Å². The van der Waals surface area contributed by atoms with Crippen LogP contribution in [0, 0.1) is 0 Å². The SMILES string of the molecule is CCOC(=O)/C=C/CO[Si]. The Balaban J connectivity index is 3.36. The van der Waals surface area contributed by atoms with Crippen molar-refractivity contribution >= 4 is 16.5 Å². The zero-order chi connectivity index (χ0) is 7.82. The smallest absolute Gasteiger partial charge is 0.330 e. The highest BCUT2D eigenvalue weighted by Gasteiger charge is 1.90. The molecule has 0 fully saturated rings. The van der Waals surface area contributed by atoms with Crippen molar-refractivity contribution in [2.45, 2.75) is 6.92 Å². The molecule has 0 rings (SSSR count). The van der Waals surface area contributed by atoms with Gasteiger partial charge in [0.15, 0.2) is 0 Å². The molecular weight excluding hydrogens is 148 g/mol.